The van der Waals surface area contributed by atoms with Gasteiger partial charge in [0.25, 0.3) is 0 Å². The fourth-order valence-electron chi connectivity index (χ4n) is 2.29. The Morgan fingerprint density at radius 2 is 2.11 bits per heavy atom. The van der Waals surface area contributed by atoms with E-state index < -0.39 is 0 Å². The molecular weight excluding hydrogens is 220 g/mol. The van der Waals surface area contributed by atoms with Crippen molar-refractivity contribution in [2.24, 2.45) is 0 Å². The van der Waals surface area contributed by atoms with Crippen LogP contribution in [0.3, 0.4) is 0 Å². The second-order valence-corrected chi connectivity index (χ2v) is 5.02. The molecule has 18 heavy (non-hydrogen) atoms. The lowest BCUT2D eigenvalue weighted by molar-refractivity contribution is 0.645. The first-order valence-corrected chi connectivity index (χ1v) is 6.83. The van der Waals surface area contributed by atoms with Crippen molar-refractivity contribution in [3.63, 3.8) is 0 Å². The molecular formula is C16H22N2. The standard InChI is InChI=1S/C16H22N2/c1-4-5-7-13(3)18-15-10-9-12(2)16-14(15)8-6-11-17-16/h6,8-11,13,18H,4-5,7H2,1-3H3. The summed E-state index contributed by atoms with van der Waals surface area (Å²) in [6.07, 6.45) is 5.60. The van der Waals surface area contributed by atoms with Gasteiger partial charge in [-0.15, -0.1) is 0 Å². The predicted molar refractivity (Wildman–Crippen MR) is 79.1 cm³/mol. The van der Waals surface area contributed by atoms with Gasteiger partial charge in [0, 0.05) is 23.3 Å². The number of nitrogens with zero attached hydrogens (tertiary/aromatic N) is 1. The van der Waals surface area contributed by atoms with Gasteiger partial charge in [0.15, 0.2) is 0 Å². The summed E-state index contributed by atoms with van der Waals surface area (Å²) >= 11 is 0. The molecule has 2 aromatic rings. The minimum absolute atomic E-state index is 0.510. The minimum Gasteiger partial charge on any atom is -0.382 e. The number of rotatable bonds is 5. The van der Waals surface area contributed by atoms with E-state index >= 15 is 0 Å². The Morgan fingerprint density at radius 1 is 1.28 bits per heavy atom. The molecule has 0 aliphatic carbocycles. The molecule has 1 aromatic heterocycles. The number of fused-ring (bicyclic) bond motifs is 1. The lowest BCUT2D eigenvalue weighted by Crippen LogP contribution is -2.15. The number of unbranched alkanes of at least 4 members (excludes halogenated alkanes) is 1. The molecule has 0 saturated carbocycles. The predicted octanol–water partition coefficient (Wildman–Crippen LogP) is 4.53. The van der Waals surface area contributed by atoms with Crippen molar-refractivity contribution < 1.29 is 0 Å². The Bertz CT molecular complexity index is 519. The van der Waals surface area contributed by atoms with Crippen molar-refractivity contribution in [1.29, 1.82) is 0 Å². The smallest absolute Gasteiger partial charge is 0.0751 e. The van der Waals surface area contributed by atoms with Crippen molar-refractivity contribution in [2.45, 2.75) is 46.1 Å². The Morgan fingerprint density at radius 3 is 2.89 bits per heavy atom. The van der Waals surface area contributed by atoms with Crippen molar-refractivity contribution in [3.8, 4) is 0 Å². The average molecular weight is 242 g/mol. The third kappa shape index (κ3) is 2.81. The highest BCUT2D eigenvalue weighted by Crippen LogP contribution is 2.25. The average Bonchev–Trinajstić information content (AvgIpc) is 2.40. The third-order valence-corrected chi connectivity index (χ3v) is 3.36. The Balaban J connectivity index is 2.26. The zero-order chi connectivity index (χ0) is 13.0. The fraction of sp³-hybridized carbons (Fsp3) is 0.438. The molecule has 0 amide bonds. The summed E-state index contributed by atoms with van der Waals surface area (Å²) in [5, 5.41) is 4.83. The van der Waals surface area contributed by atoms with Gasteiger partial charge in [-0.3, -0.25) is 4.98 Å². The van der Waals surface area contributed by atoms with Gasteiger partial charge in [-0.1, -0.05) is 25.8 Å². The van der Waals surface area contributed by atoms with Gasteiger partial charge < -0.3 is 5.32 Å². The van der Waals surface area contributed by atoms with Gasteiger partial charge in [0.05, 0.1) is 5.52 Å². The topological polar surface area (TPSA) is 24.9 Å². The van der Waals surface area contributed by atoms with Gasteiger partial charge >= 0.3 is 0 Å². The number of benzene rings is 1. The number of aromatic nitrogens is 1. The summed E-state index contributed by atoms with van der Waals surface area (Å²) in [6.45, 7) is 6.59. The van der Waals surface area contributed by atoms with E-state index in [9.17, 15) is 0 Å². The van der Waals surface area contributed by atoms with Crippen LogP contribution in [0.5, 0.6) is 0 Å². The van der Waals surface area contributed by atoms with Gasteiger partial charge in [0.1, 0.15) is 0 Å². The van der Waals surface area contributed by atoms with E-state index in [1.54, 1.807) is 0 Å². The van der Waals surface area contributed by atoms with Crippen LogP contribution in [0.4, 0.5) is 5.69 Å². The maximum atomic E-state index is 4.47. The maximum Gasteiger partial charge on any atom is 0.0751 e. The molecule has 96 valence electrons. The zero-order valence-corrected chi connectivity index (χ0v) is 11.5. The highest BCUT2D eigenvalue weighted by atomic mass is 14.9. The number of aryl methyl sites for hydroxylation is 1. The van der Waals surface area contributed by atoms with E-state index in [1.165, 1.54) is 35.9 Å². The molecule has 2 heteroatoms. The highest BCUT2D eigenvalue weighted by Gasteiger charge is 2.06. The van der Waals surface area contributed by atoms with Crippen LogP contribution in [0.1, 0.15) is 38.7 Å². The molecule has 2 nitrogen and oxygen atoms in total. The summed E-state index contributed by atoms with van der Waals surface area (Å²) in [6, 6.07) is 8.97. The molecule has 1 heterocycles. The molecule has 0 bridgehead atoms. The number of hydrogen-bond donors (Lipinski definition) is 1. The lowest BCUT2D eigenvalue weighted by atomic mass is 10.1. The highest BCUT2D eigenvalue weighted by molar-refractivity contribution is 5.93. The Kier molecular flexibility index (Phi) is 4.19. The molecule has 0 spiro atoms. The van der Waals surface area contributed by atoms with Crippen molar-refractivity contribution in [3.05, 3.63) is 36.0 Å². The molecule has 0 fully saturated rings. The summed E-state index contributed by atoms with van der Waals surface area (Å²) in [7, 11) is 0. The van der Waals surface area contributed by atoms with Crippen LogP contribution in [0.15, 0.2) is 30.5 Å². The molecule has 0 radical (unpaired) electrons. The first-order valence-electron chi connectivity index (χ1n) is 6.83. The first-order chi connectivity index (χ1) is 8.72. The number of nitrogens with one attached hydrogen (secondary N) is 1. The summed E-state index contributed by atoms with van der Waals surface area (Å²) in [5.41, 5.74) is 3.54. The van der Waals surface area contributed by atoms with Gasteiger partial charge in [-0.2, -0.15) is 0 Å². The van der Waals surface area contributed by atoms with Crippen molar-refractivity contribution in [2.75, 3.05) is 5.32 Å². The Labute approximate surface area is 109 Å². The van der Waals surface area contributed by atoms with Crippen molar-refractivity contribution >= 4 is 16.6 Å². The second-order valence-electron chi connectivity index (χ2n) is 5.02. The first kappa shape index (κ1) is 12.9. The van der Waals surface area contributed by atoms with Crippen LogP contribution in [-0.4, -0.2) is 11.0 Å². The summed E-state index contributed by atoms with van der Waals surface area (Å²) < 4.78 is 0. The van der Waals surface area contributed by atoms with Crippen LogP contribution < -0.4 is 5.32 Å². The molecule has 0 aliphatic heterocycles. The molecule has 1 N–H and O–H groups in total. The van der Waals surface area contributed by atoms with E-state index in [4.69, 9.17) is 0 Å². The van der Waals surface area contributed by atoms with Gasteiger partial charge in [-0.05, 0) is 44.0 Å². The number of pyridine rings is 1. The molecule has 2 rings (SSSR count). The van der Waals surface area contributed by atoms with E-state index in [0.29, 0.717) is 6.04 Å². The monoisotopic (exact) mass is 242 g/mol. The fourth-order valence-corrected chi connectivity index (χ4v) is 2.29. The van der Waals surface area contributed by atoms with Gasteiger partial charge in [-0.25, -0.2) is 0 Å². The van der Waals surface area contributed by atoms with Gasteiger partial charge in [0.2, 0.25) is 0 Å². The van der Waals surface area contributed by atoms with E-state index in [-0.39, 0.29) is 0 Å². The molecule has 1 aromatic carbocycles. The third-order valence-electron chi connectivity index (χ3n) is 3.36. The molecule has 0 saturated heterocycles. The van der Waals surface area contributed by atoms with E-state index in [0.717, 1.165) is 5.52 Å². The van der Waals surface area contributed by atoms with Crippen LogP contribution in [0.25, 0.3) is 10.9 Å². The van der Waals surface area contributed by atoms with E-state index in [1.807, 2.05) is 12.3 Å². The second kappa shape index (κ2) is 5.85. The SMILES string of the molecule is CCCCC(C)Nc1ccc(C)c2ncccc12. The number of hydrogen-bond acceptors (Lipinski definition) is 2. The van der Waals surface area contributed by atoms with E-state index in [2.05, 4.69) is 49.3 Å². The lowest BCUT2D eigenvalue weighted by Gasteiger charge is -2.17. The molecule has 1 atom stereocenters. The Hall–Kier alpha value is -1.57. The molecule has 1 unspecified atom stereocenters. The van der Waals surface area contributed by atoms with Crippen LogP contribution in [0.2, 0.25) is 0 Å². The van der Waals surface area contributed by atoms with Crippen molar-refractivity contribution in [1.82, 2.24) is 4.98 Å². The maximum absolute atomic E-state index is 4.47. The van der Waals surface area contributed by atoms with Crippen LogP contribution >= 0.6 is 0 Å². The quantitative estimate of drug-likeness (QED) is 0.833. The molecule has 0 aliphatic rings. The summed E-state index contributed by atoms with van der Waals surface area (Å²) in [5.74, 6) is 0. The largest absolute Gasteiger partial charge is 0.382 e. The number of anilines is 1. The zero-order valence-electron chi connectivity index (χ0n) is 11.5. The minimum atomic E-state index is 0.510. The van der Waals surface area contributed by atoms with Crippen LogP contribution in [0, 0.1) is 6.92 Å². The normalized spacial score (nSPS) is 12.6. The summed E-state index contributed by atoms with van der Waals surface area (Å²) in [4.78, 5) is 4.47. The van der Waals surface area contributed by atoms with Crippen LogP contribution in [-0.2, 0) is 0 Å².